The van der Waals surface area contributed by atoms with Gasteiger partial charge in [0, 0.05) is 12.0 Å². The molecule has 1 unspecified atom stereocenters. The lowest BCUT2D eigenvalue weighted by atomic mass is 9.81. The van der Waals surface area contributed by atoms with E-state index < -0.39 is 0 Å². The first-order chi connectivity index (χ1) is 6.85. The second kappa shape index (κ2) is 4.11. The fourth-order valence-electron chi connectivity index (χ4n) is 2.22. The number of nitrogens with two attached hydrogens (primary N) is 1. The van der Waals surface area contributed by atoms with Crippen LogP contribution >= 0.6 is 0 Å². The van der Waals surface area contributed by atoms with Gasteiger partial charge in [0.25, 0.3) is 0 Å². The summed E-state index contributed by atoms with van der Waals surface area (Å²) < 4.78 is 0. The molecule has 0 aliphatic carbocycles. The third-order valence-corrected chi connectivity index (χ3v) is 3.19. The molecule has 1 aromatic carbocycles. The summed E-state index contributed by atoms with van der Waals surface area (Å²) in [6.07, 6.45) is 2.32. The first kappa shape index (κ1) is 9.69. The molecule has 2 rings (SSSR count). The van der Waals surface area contributed by atoms with Gasteiger partial charge in [-0.05, 0) is 31.5 Å². The van der Waals surface area contributed by atoms with E-state index in [0.29, 0.717) is 5.41 Å². The first-order valence-corrected chi connectivity index (χ1v) is 5.29. The number of hydrogen-bond donors (Lipinski definition) is 2. The fourth-order valence-corrected chi connectivity index (χ4v) is 2.22. The molecule has 0 aromatic heterocycles. The number of hydrogen-bond acceptors (Lipinski definition) is 2. The van der Waals surface area contributed by atoms with Gasteiger partial charge in [-0.2, -0.15) is 0 Å². The predicted molar refractivity (Wildman–Crippen MR) is 59.1 cm³/mol. The van der Waals surface area contributed by atoms with E-state index in [1.54, 1.807) is 0 Å². The van der Waals surface area contributed by atoms with Crippen molar-refractivity contribution in [1.82, 2.24) is 5.32 Å². The summed E-state index contributed by atoms with van der Waals surface area (Å²) in [4.78, 5) is 0. The van der Waals surface area contributed by atoms with Crippen molar-refractivity contribution in [1.29, 1.82) is 0 Å². The highest BCUT2D eigenvalue weighted by molar-refractivity contribution is 5.17. The van der Waals surface area contributed by atoms with Crippen LogP contribution in [0.1, 0.15) is 12.0 Å². The van der Waals surface area contributed by atoms with Gasteiger partial charge in [0.2, 0.25) is 0 Å². The largest absolute Gasteiger partial charge is 0.330 e. The van der Waals surface area contributed by atoms with E-state index in [4.69, 9.17) is 5.73 Å². The Hall–Kier alpha value is -0.860. The van der Waals surface area contributed by atoms with E-state index >= 15 is 0 Å². The van der Waals surface area contributed by atoms with Crippen molar-refractivity contribution in [2.24, 2.45) is 11.1 Å². The lowest BCUT2D eigenvalue weighted by Crippen LogP contribution is -2.34. The van der Waals surface area contributed by atoms with Gasteiger partial charge in [0.1, 0.15) is 0 Å². The van der Waals surface area contributed by atoms with Crippen molar-refractivity contribution in [3.63, 3.8) is 0 Å². The molecular formula is C12H18N2. The molecule has 0 saturated carbocycles. The molecule has 0 spiro atoms. The molecule has 1 saturated heterocycles. The van der Waals surface area contributed by atoms with Gasteiger partial charge in [-0.25, -0.2) is 0 Å². The quantitative estimate of drug-likeness (QED) is 0.751. The van der Waals surface area contributed by atoms with Crippen LogP contribution in [0, 0.1) is 5.41 Å². The van der Waals surface area contributed by atoms with Crippen molar-refractivity contribution in [2.75, 3.05) is 19.6 Å². The lowest BCUT2D eigenvalue weighted by Gasteiger charge is -2.26. The van der Waals surface area contributed by atoms with Crippen LogP contribution in [-0.2, 0) is 6.42 Å². The minimum absolute atomic E-state index is 0.307. The van der Waals surface area contributed by atoms with Crippen LogP contribution in [0.4, 0.5) is 0 Å². The molecule has 0 radical (unpaired) electrons. The van der Waals surface area contributed by atoms with E-state index in [0.717, 1.165) is 26.1 Å². The highest BCUT2D eigenvalue weighted by Crippen LogP contribution is 2.28. The van der Waals surface area contributed by atoms with Crippen LogP contribution in [0.15, 0.2) is 30.3 Å². The zero-order chi connectivity index (χ0) is 9.86. The third kappa shape index (κ3) is 1.97. The molecule has 0 bridgehead atoms. The molecule has 2 heteroatoms. The van der Waals surface area contributed by atoms with Gasteiger partial charge >= 0.3 is 0 Å². The maximum Gasteiger partial charge on any atom is 0.00236 e. The van der Waals surface area contributed by atoms with E-state index in [2.05, 4.69) is 35.6 Å². The normalized spacial score (nSPS) is 26.6. The molecule has 76 valence electrons. The smallest absolute Gasteiger partial charge is 0.00236 e. The van der Waals surface area contributed by atoms with Crippen molar-refractivity contribution in [2.45, 2.75) is 12.8 Å². The van der Waals surface area contributed by atoms with Crippen LogP contribution in [0.25, 0.3) is 0 Å². The number of benzene rings is 1. The van der Waals surface area contributed by atoms with Gasteiger partial charge < -0.3 is 11.1 Å². The van der Waals surface area contributed by atoms with E-state index in [9.17, 15) is 0 Å². The molecule has 14 heavy (non-hydrogen) atoms. The van der Waals surface area contributed by atoms with Crippen molar-refractivity contribution in [3.05, 3.63) is 35.9 Å². The molecule has 0 amide bonds. The maximum absolute atomic E-state index is 5.88. The summed E-state index contributed by atoms with van der Waals surface area (Å²) in [5, 5.41) is 3.40. The van der Waals surface area contributed by atoms with Gasteiger partial charge in [0.15, 0.2) is 0 Å². The van der Waals surface area contributed by atoms with Crippen LogP contribution < -0.4 is 11.1 Å². The molecule has 1 heterocycles. The first-order valence-electron chi connectivity index (χ1n) is 5.29. The number of rotatable bonds is 3. The summed E-state index contributed by atoms with van der Waals surface area (Å²) in [5.41, 5.74) is 7.59. The molecule has 1 aliphatic rings. The Kier molecular flexibility index (Phi) is 2.85. The van der Waals surface area contributed by atoms with E-state index in [1.165, 1.54) is 12.0 Å². The second-order valence-corrected chi connectivity index (χ2v) is 4.29. The molecule has 2 nitrogen and oxygen atoms in total. The topological polar surface area (TPSA) is 38.0 Å². The Morgan fingerprint density at radius 2 is 2.07 bits per heavy atom. The lowest BCUT2D eigenvalue weighted by molar-refractivity contribution is 0.333. The zero-order valence-electron chi connectivity index (χ0n) is 8.50. The standard InChI is InChI=1S/C12H18N2/c13-9-12(6-7-14-10-12)8-11-4-2-1-3-5-11/h1-5,14H,6-10,13H2. The summed E-state index contributed by atoms with van der Waals surface area (Å²) in [6.45, 7) is 2.97. The summed E-state index contributed by atoms with van der Waals surface area (Å²) >= 11 is 0. The van der Waals surface area contributed by atoms with Crippen LogP contribution in [0.3, 0.4) is 0 Å². The van der Waals surface area contributed by atoms with Crippen molar-refractivity contribution >= 4 is 0 Å². The average Bonchev–Trinajstić information content (AvgIpc) is 2.69. The van der Waals surface area contributed by atoms with E-state index in [1.807, 2.05) is 0 Å². The molecular weight excluding hydrogens is 172 g/mol. The van der Waals surface area contributed by atoms with Gasteiger partial charge in [-0.1, -0.05) is 30.3 Å². The van der Waals surface area contributed by atoms with Crippen molar-refractivity contribution < 1.29 is 0 Å². The minimum Gasteiger partial charge on any atom is -0.330 e. The van der Waals surface area contributed by atoms with Crippen LogP contribution in [0.5, 0.6) is 0 Å². The zero-order valence-corrected chi connectivity index (χ0v) is 8.50. The highest BCUT2D eigenvalue weighted by Gasteiger charge is 2.32. The van der Waals surface area contributed by atoms with Gasteiger partial charge in [-0.15, -0.1) is 0 Å². The SMILES string of the molecule is NCC1(Cc2ccccc2)CCNC1. The van der Waals surface area contributed by atoms with Gasteiger partial charge in [-0.3, -0.25) is 0 Å². The maximum atomic E-state index is 5.88. The monoisotopic (exact) mass is 190 g/mol. The second-order valence-electron chi connectivity index (χ2n) is 4.29. The van der Waals surface area contributed by atoms with Crippen molar-refractivity contribution in [3.8, 4) is 0 Å². The number of nitrogens with one attached hydrogen (secondary N) is 1. The van der Waals surface area contributed by atoms with Crippen LogP contribution in [-0.4, -0.2) is 19.6 Å². The predicted octanol–water partition coefficient (Wildman–Crippen LogP) is 1.17. The summed E-state index contributed by atoms with van der Waals surface area (Å²) in [7, 11) is 0. The molecule has 1 aromatic rings. The Labute approximate surface area is 85.5 Å². The van der Waals surface area contributed by atoms with Gasteiger partial charge in [0.05, 0.1) is 0 Å². The summed E-state index contributed by atoms with van der Waals surface area (Å²) in [6, 6.07) is 10.6. The van der Waals surface area contributed by atoms with Crippen LogP contribution in [0.2, 0.25) is 0 Å². The Morgan fingerprint density at radius 3 is 2.64 bits per heavy atom. The Morgan fingerprint density at radius 1 is 1.29 bits per heavy atom. The van der Waals surface area contributed by atoms with E-state index in [-0.39, 0.29) is 0 Å². The third-order valence-electron chi connectivity index (χ3n) is 3.19. The molecule has 1 fully saturated rings. The fraction of sp³-hybridized carbons (Fsp3) is 0.500. The molecule has 1 aliphatic heterocycles. The Bertz CT molecular complexity index is 276. The highest BCUT2D eigenvalue weighted by atomic mass is 14.9. The Balaban J connectivity index is 2.08. The molecule has 3 N–H and O–H groups in total. The average molecular weight is 190 g/mol. The minimum atomic E-state index is 0.307. The molecule has 1 atom stereocenters. The summed E-state index contributed by atoms with van der Waals surface area (Å²) in [5.74, 6) is 0.